The Hall–Kier alpha value is -2.87. The molecular formula is C29H30ClN3O3S. The van der Waals surface area contributed by atoms with Gasteiger partial charge < -0.3 is 9.64 Å². The zero-order chi connectivity index (χ0) is 26.0. The lowest BCUT2D eigenvalue weighted by Crippen LogP contribution is -2.50. The molecule has 0 bridgehead atoms. The number of methoxy groups -OCH3 is 1. The maximum absolute atomic E-state index is 14.1. The molecule has 1 aliphatic heterocycles. The molecule has 1 spiro atoms. The number of thioether (sulfide) groups is 1. The predicted octanol–water partition coefficient (Wildman–Crippen LogP) is 5.22. The SMILES string of the molecule is C=CCn1c(SCCOC)nc2c(c1=O)C1(CCN(C(=O)c3ccc(Cl)cc3)CC1)Cc1ccccc1-2. The van der Waals surface area contributed by atoms with Crippen LogP contribution >= 0.6 is 23.4 Å². The van der Waals surface area contributed by atoms with Crippen molar-refractivity contribution in [1.82, 2.24) is 14.5 Å². The summed E-state index contributed by atoms with van der Waals surface area (Å²) in [5.74, 6) is 0.697. The lowest BCUT2D eigenvalue weighted by molar-refractivity contribution is 0.0663. The predicted molar refractivity (Wildman–Crippen MR) is 149 cm³/mol. The van der Waals surface area contributed by atoms with E-state index in [-0.39, 0.29) is 16.9 Å². The number of aromatic nitrogens is 2. The zero-order valence-electron chi connectivity index (χ0n) is 20.9. The summed E-state index contributed by atoms with van der Waals surface area (Å²) in [5.41, 5.74) is 4.04. The number of carbonyl (C=O) groups excluding carboxylic acids is 1. The second kappa shape index (κ2) is 10.9. The summed E-state index contributed by atoms with van der Waals surface area (Å²) in [6.45, 7) is 6.00. The molecule has 0 atom stereocenters. The zero-order valence-corrected chi connectivity index (χ0v) is 22.5. The topological polar surface area (TPSA) is 64.4 Å². The number of benzene rings is 2. The highest BCUT2D eigenvalue weighted by molar-refractivity contribution is 7.99. The number of amides is 1. The van der Waals surface area contributed by atoms with Gasteiger partial charge in [0.15, 0.2) is 5.16 Å². The lowest BCUT2D eigenvalue weighted by Gasteiger charge is -2.45. The van der Waals surface area contributed by atoms with Gasteiger partial charge >= 0.3 is 0 Å². The number of nitrogens with zero attached hydrogens (tertiary/aromatic N) is 3. The van der Waals surface area contributed by atoms with Crippen LogP contribution in [0.5, 0.6) is 0 Å². The summed E-state index contributed by atoms with van der Waals surface area (Å²) in [6.07, 6.45) is 3.91. The molecule has 3 aromatic rings. The molecule has 1 saturated heterocycles. The van der Waals surface area contributed by atoms with Crippen molar-refractivity contribution in [2.24, 2.45) is 0 Å². The van der Waals surface area contributed by atoms with E-state index in [0.717, 1.165) is 23.2 Å². The minimum Gasteiger partial charge on any atom is -0.384 e. The van der Waals surface area contributed by atoms with Crippen LogP contribution in [-0.4, -0.2) is 52.9 Å². The van der Waals surface area contributed by atoms with Gasteiger partial charge in [-0.15, -0.1) is 6.58 Å². The molecule has 2 aliphatic rings. The average molecular weight is 536 g/mol. The first-order chi connectivity index (χ1) is 18.0. The number of likely N-dealkylation sites (tertiary alicyclic amines) is 1. The third kappa shape index (κ3) is 4.88. The standard InChI is InChI=1S/C29H30ClN3O3S/c1-3-14-33-27(35)24-25(31-28(33)37-18-17-36-2)23-7-5-4-6-21(23)19-29(24)12-15-32(16-13-29)26(34)20-8-10-22(30)11-9-20/h3-11H,1,12-19H2,2H3. The highest BCUT2D eigenvalue weighted by Gasteiger charge is 2.45. The molecule has 192 valence electrons. The normalized spacial score (nSPS) is 15.8. The van der Waals surface area contributed by atoms with Crippen molar-refractivity contribution in [2.75, 3.05) is 32.6 Å². The van der Waals surface area contributed by atoms with Gasteiger partial charge in [0, 0.05) is 54.1 Å². The van der Waals surface area contributed by atoms with Gasteiger partial charge in [0.05, 0.1) is 17.9 Å². The summed E-state index contributed by atoms with van der Waals surface area (Å²) >= 11 is 7.54. The fourth-order valence-electron chi connectivity index (χ4n) is 5.52. The van der Waals surface area contributed by atoms with E-state index in [1.54, 1.807) is 42.0 Å². The Labute approximate surface area is 226 Å². The molecule has 2 aromatic carbocycles. The highest BCUT2D eigenvalue weighted by Crippen LogP contribution is 2.47. The van der Waals surface area contributed by atoms with Crippen LogP contribution in [-0.2, 0) is 23.1 Å². The fourth-order valence-corrected chi connectivity index (χ4v) is 6.55. The number of fused-ring (bicyclic) bond motifs is 4. The molecule has 37 heavy (non-hydrogen) atoms. The summed E-state index contributed by atoms with van der Waals surface area (Å²) < 4.78 is 6.97. The van der Waals surface area contributed by atoms with Crippen molar-refractivity contribution in [1.29, 1.82) is 0 Å². The molecule has 8 heteroatoms. The van der Waals surface area contributed by atoms with Gasteiger partial charge in [-0.2, -0.15) is 0 Å². The van der Waals surface area contributed by atoms with E-state index < -0.39 is 0 Å². The van der Waals surface area contributed by atoms with Crippen molar-refractivity contribution in [2.45, 2.75) is 36.4 Å². The first-order valence-corrected chi connectivity index (χ1v) is 13.8. The molecule has 1 aliphatic carbocycles. The van der Waals surface area contributed by atoms with Crippen molar-refractivity contribution in [3.05, 3.63) is 93.3 Å². The molecule has 6 nitrogen and oxygen atoms in total. The van der Waals surface area contributed by atoms with Crippen LogP contribution in [0.4, 0.5) is 0 Å². The third-order valence-corrected chi connectivity index (χ3v) is 8.59. The number of allylic oxidation sites excluding steroid dienone is 1. The lowest BCUT2D eigenvalue weighted by atomic mass is 9.64. The number of hydrogen-bond acceptors (Lipinski definition) is 5. The van der Waals surface area contributed by atoms with E-state index in [4.69, 9.17) is 21.3 Å². The molecule has 2 heterocycles. The molecular weight excluding hydrogens is 506 g/mol. The number of hydrogen-bond donors (Lipinski definition) is 0. The minimum absolute atomic E-state index is 0.00297. The fraction of sp³-hybridized carbons (Fsp3) is 0.345. The van der Waals surface area contributed by atoms with Crippen LogP contribution in [0.25, 0.3) is 11.3 Å². The van der Waals surface area contributed by atoms with Gasteiger partial charge in [-0.1, -0.05) is 53.7 Å². The average Bonchev–Trinajstić information content (AvgIpc) is 2.91. The van der Waals surface area contributed by atoms with E-state index in [2.05, 4.69) is 18.7 Å². The Morgan fingerprint density at radius 2 is 1.92 bits per heavy atom. The van der Waals surface area contributed by atoms with Gasteiger partial charge in [-0.3, -0.25) is 14.2 Å². The summed E-state index contributed by atoms with van der Waals surface area (Å²) in [7, 11) is 1.67. The molecule has 0 saturated carbocycles. The van der Waals surface area contributed by atoms with E-state index >= 15 is 0 Å². The van der Waals surface area contributed by atoms with E-state index in [9.17, 15) is 9.59 Å². The van der Waals surface area contributed by atoms with Crippen molar-refractivity contribution in [3.63, 3.8) is 0 Å². The number of piperidine rings is 1. The minimum atomic E-state index is -0.372. The molecule has 1 amide bonds. The Balaban J connectivity index is 1.54. The molecule has 0 unspecified atom stereocenters. The van der Waals surface area contributed by atoms with Crippen LogP contribution < -0.4 is 5.56 Å². The Bertz CT molecular complexity index is 1380. The van der Waals surface area contributed by atoms with E-state index in [1.165, 1.54) is 17.3 Å². The van der Waals surface area contributed by atoms with Gasteiger partial charge in [0.2, 0.25) is 0 Å². The third-order valence-electron chi connectivity index (χ3n) is 7.40. The van der Waals surface area contributed by atoms with E-state index in [1.807, 2.05) is 17.0 Å². The summed E-state index contributed by atoms with van der Waals surface area (Å²) in [5, 5.41) is 1.29. The van der Waals surface area contributed by atoms with Gasteiger partial charge in [-0.05, 0) is 49.1 Å². The molecule has 0 radical (unpaired) electrons. The number of rotatable bonds is 7. The monoisotopic (exact) mass is 535 g/mol. The highest BCUT2D eigenvalue weighted by atomic mass is 35.5. The summed E-state index contributed by atoms with van der Waals surface area (Å²) in [4.78, 5) is 34.3. The van der Waals surface area contributed by atoms with Crippen molar-refractivity contribution in [3.8, 4) is 11.3 Å². The van der Waals surface area contributed by atoms with Crippen LogP contribution in [0.2, 0.25) is 5.02 Å². The van der Waals surface area contributed by atoms with Crippen LogP contribution in [0.15, 0.2) is 71.1 Å². The number of halogens is 1. The molecule has 0 N–H and O–H groups in total. The van der Waals surface area contributed by atoms with Gasteiger partial charge in [0.25, 0.3) is 11.5 Å². The Kier molecular flexibility index (Phi) is 7.56. The molecule has 5 rings (SSSR count). The first kappa shape index (κ1) is 25.8. The first-order valence-electron chi connectivity index (χ1n) is 12.5. The van der Waals surface area contributed by atoms with Crippen molar-refractivity contribution >= 4 is 29.3 Å². The largest absolute Gasteiger partial charge is 0.384 e. The van der Waals surface area contributed by atoms with Crippen LogP contribution in [0, 0.1) is 0 Å². The Morgan fingerprint density at radius 1 is 1.19 bits per heavy atom. The van der Waals surface area contributed by atoms with Crippen LogP contribution in [0.3, 0.4) is 0 Å². The molecule has 1 fully saturated rings. The van der Waals surface area contributed by atoms with Crippen molar-refractivity contribution < 1.29 is 9.53 Å². The maximum Gasteiger partial charge on any atom is 0.258 e. The molecule has 1 aromatic heterocycles. The Morgan fingerprint density at radius 3 is 2.62 bits per heavy atom. The quantitative estimate of drug-likeness (QED) is 0.180. The number of ether oxygens (including phenoxy) is 1. The van der Waals surface area contributed by atoms with E-state index in [0.29, 0.717) is 60.6 Å². The van der Waals surface area contributed by atoms with Gasteiger partial charge in [0.1, 0.15) is 0 Å². The van der Waals surface area contributed by atoms with Gasteiger partial charge in [-0.25, -0.2) is 4.98 Å². The smallest absolute Gasteiger partial charge is 0.258 e. The van der Waals surface area contributed by atoms with Crippen LogP contribution in [0.1, 0.15) is 34.3 Å². The summed E-state index contributed by atoms with van der Waals surface area (Å²) in [6, 6.07) is 15.3. The second-order valence-corrected chi connectivity index (χ2v) is 11.1. The number of carbonyl (C=O) groups is 1. The maximum atomic E-state index is 14.1. The second-order valence-electron chi connectivity index (χ2n) is 9.58.